The van der Waals surface area contributed by atoms with Crippen LogP contribution in [-0.4, -0.2) is 54.5 Å². The number of anilines is 1. The number of amides is 2. The van der Waals surface area contributed by atoms with Crippen LogP contribution in [0.25, 0.3) is 0 Å². The van der Waals surface area contributed by atoms with E-state index in [0.717, 1.165) is 5.56 Å². The van der Waals surface area contributed by atoms with Gasteiger partial charge in [-0.15, -0.1) is 0 Å². The highest BCUT2D eigenvalue weighted by atomic mass is 16.5. The summed E-state index contributed by atoms with van der Waals surface area (Å²) in [4.78, 5) is 39.8. The van der Waals surface area contributed by atoms with Crippen molar-refractivity contribution in [3.05, 3.63) is 23.8 Å². The minimum absolute atomic E-state index is 0.112. The summed E-state index contributed by atoms with van der Waals surface area (Å²) >= 11 is 0. The van der Waals surface area contributed by atoms with Gasteiger partial charge in [0.1, 0.15) is 5.75 Å². The Bertz CT molecular complexity index is 733. The first-order valence-corrected chi connectivity index (χ1v) is 8.87. The summed E-state index contributed by atoms with van der Waals surface area (Å²) in [6.07, 6.45) is 1.41. The number of rotatable bonds is 4. The number of nitrogens with zero attached hydrogens (tertiary/aromatic N) is 2. The molecule has 140 valence electrons. The zero-order valence-corrected chi connectivity index (χ0v) is 15.1. The minimum Gasteiger partial charge on any atom is -0.495 e. The zero-order chi connectivity index (χ0) is 18.8. The maximum absolute atomic E-state index is 12.8. The number of carboxylic acids is 1. The van der Waals surface area contributed by atoms with Gasteiger partial charge in [-0.1, -0.05) is 6.07 Å². The maximum atomic E-state index is 12.8. The molecule has 2 aliphatic heterocycles. The molecule has 1 aromatic rings. The van der Waals surface area contributed by atoms with Gasteiger partial charge in [0.15, 0.2) is 0 Å². The van der Waals surface area contributed by atoms with Gasteiger partial charge in [0.2, 0.25) is 11.8 Å². The van der Waals surface area contributed by atoms with Crippen LogP contribution in [0.2, 0.25) is 0 Å². The normalized spacial score (nSPS) is 23.2. The maximum Gasteiger partial charge on any atom is 0.308 e. The van der Waals surface area contributed by atoms with Crippen molar-refractivity contribution < 1.29 is 24.2 Å². The van der Waals surface area contributed by atoms with Crippen LogP contribution in [-0.2, 0) is 14.4 Å². The van der Waals surface area contributed by atoms with Crippen LogP contribution in [0.3, 0.4) is 0 Å². The smallest absolute Gasteiger partial charge is 0.308 e. The van der Waals surface area contributed by atoms with E-state index in [-0.39, 0.29) is 24.8 Å². The Hall–Kier alpha value is -2.57. The van der Waals surface area contributed by atoms with Gasteiger partial charge in [0.25, 0.3) is 0 Å². The van der Waals surface area contributed by atoms with Gasteiger partial charge in [-0.25, -0.2) is 0 Å². The lowest BCUT2D eigenvalue weighted by Gasteiger charge is -2.32. The number of carbonyl (C=O) groups excluding carboxylic acids is 2. The van der Waals surface area contributed by atoms with E-state index in [9.17, 15) is 19.5 Å². The lowest BCUT2D eigenvalue weighted by Crippen LogP contribution is -2.45. The number of aliphatic carboxylic acids is 1. The monoisotopic (exact) mass is 360 g/mol. The number of methoxy groups -OCH3 is 1. The number of carboxylic acid groups (broad SMARTS) is 1. The first kappa shape index (κ1) is 18.2. The van der Waals surface area contributed by atoms with Crippen molar-refractivity contribution in [2.75, 3.05) is 31.6 Å². The molecule has 2 saturated heterocycles. The van der Waals surface area contributed by atoms with E-state index in [4.69, 9.17) is 4.74 Å². The van der Waals surface area contributed by atoms with Crippen LogP contribution in [0.5, 0.6) is 5.75 Å². The first-order chi connectivity index (χ1) is 12.4. The molecule has 2 fully saturated rings. The van der Waals surface area contributed by atoms with Crippen molar-refractivity contribution in [2.45, 2.75) is 26.2 Å². The third kappa shape index (κ3) is 3.52. The molecule has 2 aliphatic rings. The predicted molar refractivity (Wildman–Crippen MR) is 95.1 cm³/mol. The number of hydrogen-bond acceptors (Lipinski definition) is 4. The number of aryl methyl sites for hydroxylation is 1. The molecule has 26 heavy (non-hydrogen) atoms. The molecular weight excluding hydrogens is 336 g/mol. The fourth-order valence-corrected chi connectivity index (χ4v) is 3.75. The summed E-state index contributed by atoms with van der Waals surface area (Å²) in [6, 6.07) is 5.60. The topological polar surface area (TPSA) is 87.2 Å². The van der Waals surface area contributed by atoms with Crippen molar-refractivity contribution in [3.63, 3.8) is 0 Å². The summed E-state index contributed by atoms with van der Waals surface area (Å²) < 4.78 is 5.36. The number of likely N-dealkylation sites (tertiary alicyclic amines) is 1. The summed E-state index contributed by atoms with van der Waals surface area (Å²) in [5.74, 6) is -1.47. The Labute approximate surface area is 152 Å². The summed E-state index contributed by atoms with van der Waals surface area (Å²) in [7, 11) is 1.55. The van der Waals surface area contributed by atoms with Crippen LogP contribution in [0.4, 0.5) is 5.69 Å². The molecule has 0 aromatic heterocycles. The van der Waals surface area contributed by atoms with Gasteiger partial charge >= 0.3 is 5.97 Å². The van der Waals surface area contributed by atoms with Crippen molar-refractivity contribution in [3.8, 4) is 5.75 Å². The van der Waals surface area contributed by atoms with Gasteiger partial charge < -0.3 is 19.6 Å². The zero-order valence-electron chi connectivity index (χ0n) is 15.1. The summed E-state index contributed by atoms with van der Waals surface area (Å²) in [5.41, 5.74) is 1.68. The number of benzene rings is 1. The second-order valence-corrected chi connectivity index (χ2v) is 7.04. The van der Waals surface area contributed by atoms with E-state index >= 15 is 0 Å². The third-order valence-corrected chi connectivity index (χ3v) is 5.18. The van der Waals surface area contributed by atoms with Crippen molar-refractivity contribution in [1.82, 2.24) is 4.90 Å². The molecule has 0 spiro atoms. The average Bonchev–Trinajstić information content (AvgIpc) is 3.02. The highest BCUT2D eigenvalue weighted by molar-refractivity contribution is 6.01. The molecule has 7 heteroatoms. The summed E-state index contributed by atoms with van der Waals surface area (Å²) in [6.45, 7) is 3.02. The average molecular weight is 360 g/mol. The largest absolute Gasteiger partial charge is 0.495 e. The molecule has 2 atom stereocenters. The molecule has 3 rings (SSSR count). The van der Waals surface area contributed by atoms with E-state index in [1.807, 2.05) is 25.1 Å². The third-order valence-electron chi connectivity index (χ3n) is 5.18. The van der Waals surface area contributed by atoms with E-state index < -0.39 is 17.8 Å². The van der Waals surface area contributed by atoms with Gasteiger partial charge in [-0.2, -0.15) is 0 Å². The Morgan fingerprint density at radius 3 is 2.69 bits per heavy atom. The fraction of sp³-hybridized carbons (Fsp3) is 0.526. The van der Waals surface area contributed by atoms with Gasteiger partial charge in [0.05, 0.1) is 24.6 Å². The minimum atomic E-state index is -0.865. The molecule has 1 N–H and O–H groups in total. The van der Waals surface area contributed by atoms with E-state index in [0.29, 0.717) is 37.4 Å². The highest BCUT2D eigenvalue weighted by Crippen LogP contribution is 2.34. The molecule has 0 saturated carbocycles. The first-order valence-electron chi connectivity index (χ1n) is 8.87. The molecule has 7 nitrogen and oxygen atoms in total. The standard InChI is InChI=1S/C19H24N2O5/c1-12-5-6-16(26-2)15(8-12)21-11-14(9-17(21)22)18(23)20-7-3-4-13(10-20)19(24)25/h5-6,8,13-14H,3-4,7,9-11H2,1-2H3,(H,24,25)/t13-,14?/m0/s1. The van der Waals surface area contributed by atoms with Crippen LogP contribution >= 0.6 is 0 Å². The molecular formula is C19H24N2O5. The number of hydrogen-bond donors (Lipinski definition) is 1. The number of ether oxygens (including phenoxy) is 1. The quantitative estimate of drug-likeness (QED) is 0.883. The number of piperidine rings is 1. The molecule has 0 bridgehead atoms. The van der Waals surface area contributed by atoms with Crippen molar-refractivity contribution in [1.29, 1.82) is 0 Å². The van der Waals surface area contributed by atoms with Crippen LogP contribution in [0.1, 0.15) is 24.8 Å². The predicted octanol–water partition coefficient (Wildman–Crippen LogP) is 1.68. The Balaban J connectivity index is 1.74. The highest BCUT2D eigenvalue weighted by Gasteiger charge is 2.39. The molecule has 1 aromatic carbocycles. The second kappa shape index (κ2) is 7.35. The molecule has 2 heterocycles. The van der Waals surface area contributed by atoms with Crippen LogP contribution < -0.4 is 9.64 Å². The van der Waals surface area contributed by atoms with Gasteiger partial charge in [-0.05, 0) is 37.5 Å². The van der Waals surface area contributed by atoms with E-state index in [1.165, 1.54) is 0 Å². The van der Waals surface area contributed by atoms with Gasteiger partial charge in [-0.3, -0.25) is 14.4 Å². The lowest BCUT2D eigenvalue weighted by atomic mass is 9.96. The van der Waals surface area contributed by atoms with Gasteiger partial charge in [0, 0.05) is 26.1 Å². The summed E-state index contributed by atoms with van der Waals surface area (Å²) in [5, 5.41) is 9.21. The molecule has 0 radical (unpaired) electrons. The van der Waals surface area contributed by atoms with Crippen molar-refractivity contribution in [2.24, 2.45) is 11.8 Å². The Morgan fingerprint density at radius 2 is 2.00 bits per heavy atom. The Morgan fingerprint density at radius 1 is 1.23 bits per heavy atom. The van der Waals surface area contributed by atoms with Crippen LogP contribution in [0, 0.1) is 18.8 Å². The van der Waals surface area contributed by atoms with E-state index in [2.05, 4.69) is 0 Å². The van der Waals surface area contributed by atoms with Crippen LogP contribution in [0.15, 0.2) is 18.2 Å². The molecule has 1 unspecified atom stereocenters. The second-order valence-electron chi connectivity index (χ2n) is 7.04. The molecule has 2 amide bonds. The lowest BCUT2D eigenvalue weighted by molar-refractivity contribution is -0.146. The number of carbonyl (C=O) groups is 3. The Kier molecular flexibility index (Phi) is 5.15. The SMILES string of the molecule is COc1ccc(C)cc1N1CC(C(=O)N2CCC[C@H](C(=O)O)C2)CC1=O. The fourth-order valence-electron chi connectivity index (χ4n) is 3.75. The van der Waals surface area contributed by atoms with E-state index in [1.54, 1.807) is 16.9 Å². The molecule has 0 aliphatic carbocycles. The van der Waals surface area contributed by atoms with Crippen molar-refractivity contribution >= 4 is 23.5 Å².